The summed E-state index contributed by atoms with van der Waals surface area (Å²) in [5, 5.41) is 0. The molecule has 0 aliphatic carbocycles. The second kappa shape index (κ2) is 7.66. The van der Waals surface area contributed by atoms with Gasteiger partial charge in [0.25, 0.3) is 5.91 Å². The van der Waals surface area contributed by atoms with Gasteiger partial charge in [0.05, 0.1) is 24.6 Å². The molecule has 2 aromatic rings. The van der Waals surface area contributed by atoms with Crippen molar-refractivity contribution in [3.8, 4) is 5.75 Å². The van der Waals surface area contributed by atoms with Gasteiger partial charge in [-0.2, -0.15) is 17.6 Å². The van der Waals surface area contributed by atoms with E-state index >= 15 is 0 Å². The molecule has 156 valence electrons. The highest BCUT2D eigenvalue weighted by molar-refractivity contribution is 5.97. The maximum Gasteiger partial charge on any atom is 0.461 e. The largest absolute Gasteiger partial charge is 0.461 e. The Hall–Kier alpha value is -2.62. The fourth-order valence-electron chi connectivity index (χ4n) is 3.39. The zero-order chi connectivity index (χ0) is 20.6. The number of hydrogen-bond acceptors (Lipinski definition) is 5. The fourth-order valence-corrected chi connectivity index (χ4v) is 3.39. The summed E-state index contributed by atoms with van der Waals surface area (Å²) in [4.78, 5) is 18.8. The zero-order valence-corrected chi connectivity index (χ0v) is 15.2. The number of para-hydroxylation sites is 1. The Kier molecular flexibility index (Phi) is 5.20. The van der Waals surface area contributed by atoms with Gasteiger partial charge in [-0.3, -0.25) is 4.79 Å². The standard InChI is InChI=1S/C19H18F4N2O4/c20-18(21)19(22,23)29-14-4-2-1-3-12(14)17(26)25-7-5-15-13(9-25)24-16(28-15)11-6-8-27-10-11/h1-4,11,18H,5-10H2. The number of benzene rings is 1. The summed E-state index contributed by atoms with van der Waals surface area (Å²) < 4.78 is 66.9. The van der Waals surface area contributed by atoms with Crippen LogP contribution in [0.5, 0.6) is 5.75 Å². The van der Waals surface area contributed by atoms with Crippen LogP contribution in [-0.4, -0.2) is 48.1 Å². The van der Waals surface area contributed by atoms with Crippen molar-refractivity contribution in [3.63, 3.8) is 0 Å². The molecule has 0 radical (unpaired) electrons. The summed E-state index contributed by atoms with van der Waals surface area (Å²) >= 11 is 0. The Labute approximate surface area is 163 Å². The highest BCUT2D eigenvalue weighted by atomic mass is 19.3. The smallest absolute Gasteiger partial charge is 0.445 e. The Morgan fingerprint density at radius 2 is 2.10 bits per heavy atom. The molecular weight excluding hydrogens is 396 g/mol. The van der Waals surface area contributed by atoms with E-state index in [9.17, 15) is 22.4 Å². The van der Waals surface area contributed by atoms with Crippen LogP contribution in [0.4, 0.5) is 17.6 Å². The van der Waals surface area contributed by atoms with E-state index in [0.717, 1.165) is 12.5 Å². The van der Waals surface area contributed by atoms with Gasteiger partial charge in [0.2, 0.25) is 0 Å². The molecule has 2 aliphatic rings. The van der Waals surface area contributed by atoms with Gasteiger partial charge >= 0.3 is 12.5 Å². The minimum Gasteiger partial charge on any atom is -0.445 e. The van der Waals surface area contributed by atoms with Gasteiger partial charge in [-0.1, -0.05) is 12.1 Å². The molecule has 1 unspecified atom stereocenters. The maximum absolute atomic E-state index is 13.3. The van der Waals surface area contributed by atoms with Gasteiger partial charge in [0, 0.05) is 19.6 Å². The average Bonchev–Trinajstić information content (AvgIpc) is 3.36. The Morgan fingerprint density at radius 1 is 1.31 bits per heavy atom. The normalized spacial score (nSPS) is 19.5. The topological polar surface area (TPSA) is 64.8 Å². The fraction of sp³-hybridized carbons (Fsp3) is 0.474. The van der Waals surface area contributed by atoms with Crippen LogP contribution in [-0.2, 0) is 17.7 Å². The van der Waals surface area contributed by atoms with Crippen LogP contribution in [0.25, 0.3) is 0 Å². The van der Waals surface area contributed by atoms with Crippen molar-refractivity contribution in [2.75, 3.05) is 19.8 Å². The molecule has 1 aromatic carbocycles. The molecule has 1 aromatic heterocycles. The number of rotatable bonds is 5. The van der Waals surface area contributed by atoms with Gasteiger partial charge in [-0.05, 0) is 18.6 Å². The number of carbonyl (C=O) groups is 1. The SMILES string of the molecule is O=C(c1ccccc1OC(F)(F)C(F)F)N1CCc2oc(C3CCOC3)nc2C1. The summed E-state index contributed by atoms with van der Waals surface area (Å²) in [6.07, 6.45) is -7.49. The van der Waals surface area contributed by atoms with Crippen LogP contribution < -0.4 is 4.74 Å². The lowest BCUT2D eigenvalue weighted by atomic mass is 10.1. The lowest BCUT2D eigenvalue weighted by Gasteiger charge is -2.26. The van der Waals surface area contributed by atoms with Gasteiger partial charge < -0.3 is 18.8 Å². The van der Waals surface area contributed by atoms with Crippen molar-refractivity contribution in [2.24, 2.45) is 0 Å². The van der Waals surface area contributed by atoms with E-state index in [0.29, 0.717) is 37.0 Å². The summed E-state index contributed by atoms with van der Waals surface area (Å²) in [5.41, 5.74) is 0.381. The number of aromatic nitrogens is 1. The zero-order valence-electron chi connectivity index (χ0n) is 15.2. The Bertz CT molecular complexity index is 896. The summed E-state index contributed by atoms with van der Waals surface area (Å²) in [5.74, 6) is 0.130. The number of nitrogens with zero attached hydrogens (tertiary/aromatic N) is 2. The highest BCUT2D eigenvalue weighted by Gasteiger charge is 2.45. The van der Waals surface area contributed by atoms with Crippen molar-refractivity contribution < 1.29 is 36.2 Å². The molecule has 1 amide bonds. The van der Waals surface area contributed by atoms with Crippen LogP contribution in [0.2, 0.25) is 0 Å². The second-order valence-corrected chi connectivity index (χ2v) is 6.92. The summed E-state index contributed by atoms with van der Waals surface area (Å²) in [7, 11) is 0. The third-order valence-corrected chi connectivity index (χ3v) is 4.93. The number of oxazole rings is 1. The molecule has 0 bridgehead atoms. The highest BCUT2D eigenvalue weighted by Crippen LogP contribution is 2.32. The molecule has 10 heteroatoms. The molecule has 29 heavy (non-hydrogen) atoms. The lowest BCUT2D eigenvalue weighted by molar-refractivity contribution is -0.253. The molecule has 0 N–H and O–H groups in total. The molecule has 6 nitrogen and oxygen atoms in total. The molecule has 0 saturated carbocycles. The van der Waals surface area contributed by atoms with Crippen molar-refractivity contribution in [1.82, 2.24) is 9.88 Å². The first-order valence-electron chi connectivity index (χ1n) is 9.14. The van der Waals surface area contributed by atoms with Gasteiger partial charge in [0.1, 0.15) is 17.2 Å². The van der Waals surface area contributed by atoms with E-state index in [-0.39, 0.29) is 24.6 Å². The van der Waals surface area contributed by atoms with Crippen molar-refractivity contribution in [1.29, 1.82) is 0 Å². The summed E-state index contributed by atoms with van der Waals surface area (Å²) in [6.45, 7) is 1.58. The molecule has 1 saturated heterocycles. The third kappa shape index (κ3) is 3.93. The average molecular weight is 414 g/mol. The first-order chi connectivity index (χ1) is 13.8. The summed E-state index contributed by atoms with van der Waals surface area (Å²) in [6, 6.07) is 5.10. The second-order valence-electron chi connectivity index (χ2n) is 6.92. The van der Waals surface area contributed by atoms with Crippen molar-refractivity contribution in [2.45, 2.75) is 37.8 Å². The van der Waals surface area contributed by atoms with Crippen LogP contribution in [0.1, 0.15) is 40.0 Å². The Balaban J connectivity index is 1.53. The van der Waals surface area contributed by atoms with Crippen LogP contribution in [0.15, 0.2) is 28.7 Å². The number of amides is 1. The quantitative estimate of drug-likeness (QED) is 0.700. The molecule has 1 fully saturated rings. The van der Waals surface area contributed by atoms with Crippen LogP contribution >= 0.6 is 0 Å². The van der Waals surface area contributed by atoms with E-state index in [1.54, 1.807) is 0 Å². The maximum atomic E-state index is 13.3. The number of ether oxygens (including phenoxy) is 2. The van der Waals surface area contributed by atoms with Gasteiger partial charge in [0.15, 0.2) is 5.89 Å². The molecular formula is C19H18F4N2O4. The predicted molar refractivity (Wildman–Crippen MR) is 91.1 cm³/mol. The van der Waals surface area contributed by atoms with E-state index < -0.39 is 24.2 Å². The molecule has 2 aliphatic heterocycles. The molecule has 1 atom stereocenters. The Morgan fingerprint density at radius 3 is 2.83 bits per heavy atom. The monoisotopic (exact) mass is 414 g/mol. The minimum atomic E-state index is -4.70. The van der Waals surface area contributed by atoms with Crippen molar-refractivity contribution in [3.05, 3.63) is 47.2 Å². The molecule has 0 spiro atoms. The predicted octanol–water partition coefficient (Wildman–Crippen LogP) is 3.61. The minimum absolute atomic E-state index is 0.0791. The third-order valence-electron chi connectivity index (χ3n) is 4.93. The number of fused-ring (bicyclic) bond motifs is 1. The molecule has 4 rings (SSSR count). The van der Waals surface area contributed by atoms with Crippen LogP contribution in [0.3, 0.4) is 0 Å². The van der Waals surface area contributed by atoms with E-state index in [2.05, 4.69) is 9.72 Å². The van der Waals surface area contributed by atoms with E-state index in [1.807, 2.05) is 0 Å². The number of halogens is 4. The van der Waals surface area contributed by atoms with E-state index in [4.69, 9.17) is 9.15 Å². The van der Waals surface area contributed by atoms with Crippen molar-refractivity contribution >= 4 is 5.91 Å². The van der Waals surface area contributed by atoms with Gasteiger partial charge in [-0.15, -0.1) is 0 Å². The number of hydrogen-bond donors (Lipinski definition) is 0. The number of alkyl halides is 4. The van der Waals surface area contributed by atoms with Crippen LogP contribution in [0, 0.1) is 0 Å². The molecule has 3 heterocycles. The first kappa shape index (κ1) is 19.7. The van der Waals surface area contributed by atoms with Gasteiger partial charge in [-0.25, -0.2) is 4.98 Å². The lowest BCUT2D eigenvalue weighted by Crippen LogP contribution is -2.37. The number of carbonyl (C=O) groups excluding carboxylic acids is 1. The van der Waals surface area contributed by atoms with E-state index in [1.165, 1.54) is 23.1 Å². The first-order valence-corrected chi connectivity index (χ1v) is 9.14.